The van der Waals surface area contributed by atoms with E-state index in [1.54, 1.807) is 16.9 Å². The summed E-state index contributed by atoms with van der Waals surface area (Å²) in [5.74, 6) is 0. The minimum absolute atomic E-state index is 0.145. The van der Waals surface area contributed by atoms with Gasteiger partial charge in [-0.25, -0.2) is 8.42 Å². The zero-order valence-electron chi connectivity index (χ0n) is 16.3. The minimum atomic E-state index is -3.85. The summed E-state index contributed by atoms with van der Waals surface area (Å²) in [6.07, 6.45) is 1.59. The van der Waals surface area contributed by atoms with Crippen LogP contribution in [0.1, 0.15) is 11.1 Å². The lowest BCUT2D eigenvalue weighted by Gasteiger charge is -2.11. The summed E-state index contributed by atoms with van der Waals surface area (Å²) in [5.41, 5.74) is 3.57. The number of nitrogens with one attached hydrogen (secondary N) is 1. The van der Waals surface area contributed by atoms with Crippen LogP contribution in [0.4, 0.5) is 5.69 Å². The molecule has 1 heterocycles. The Hall–Kier alpha value is -2.90. The van der Waals surface area contributed by atoms with Gasteiger partial charge < -0.3 is 0 Å². The molecule has 152 valence electrons. The van der Waals surface area contributed by atoms with Gasteiger partial charge in [0.1, 0.15) is 10.6 Å². The molecule has 7 heteroatoms. The number of anilines is 1. The fourth-order valence-electron chi connectivity index (χ4n) is 3.19. The van der Waals surface area contributed by atoms with Crippen LogP contribution >= 0.6 is 15.9 Å². The van der Waals surface area contributed by atoms with Crippen molar-refractivity contribution in [1.29, 1.82) is 0 Å². The van der Waals surface area contributed by atoms with Crippen LogP contribution < -0.4 is 4.72 Å². The van der Waals surface area contributed by atoms with E-state index in [0.717, 1.165) is 21.2 Å². The predicted octanol–water partition coefficient (Wildman–Crippen LogP) is 5.47. The first-order valence-electron chi connectivity index (χ1n) is 9.38. The molecule has 4 rings (SSSR count). The van der Waals surface area contributed by atoms with Crippen molar-refractivity contribution in [3.8, 4) is 11.3 Å². The zero-order valence-corrected chi connectivity index (χ0v) is 18.7. The third kappa shape index (κ3) is 4.47. The molecule has 0 unspecified atom stereocenters. The van der Waals surface area contributed by atoms with Gasteiger partial charge in [0, 0.05) is 16.2 Å². The van der Waals surface area contributed by atoms with Gasteiger partial charge in [0.05, 0.1) is 12.2 Å². The topological polar surface area (TPSA) is 64.0 Å². The Kier molecular flexibility index (Phi) is 5.74. The predicted molar refractivity (Wildman–Crippen MR) is 123 cm³/mol. The maximum atomic E-state index is 13.3. The number of halogens is 1. The van der Waals surface area contributed by atoms with E-state index in [9.17, 15) is 8.42 Å². The molecule has 5 nitrogen and oxygen atoms in total. The maximum absolute atomic E-state index is 13.3. The number of nitrogens with zero attached hydrogens (tertiary/aromatic N) is 2. The molecule has 0 aliphatic rings. The summed E-state index contributed by atoms with van der Waals surface area (Å²) in [5, 5.41) is 4.61. The molecule has 0 fully saturated rings. The van der Waals surface area contributed by atoms with Crippen LogP contribution in [0.5, 0.6) is 0 Å². The summed E-state index contributed by atoms with van der Waals surface area (Å²) in [4.78, 5) is 0.145. The highest BCUT2D eigenvalue weighted by atomic mass is 79.9. The Labute approximate surface area is 184 Å². The summed E-state index contributed by atoms with van der Waals surface area (Å²) in [6, 6.07) is 24.6. The van der Waals surface area contributed by atoms with Crippen molar-refractivity contribution in [2.45, 2.75) is 18.4 Å². The van der Waals surface area contributed by atoms with Crippen molar-refractivity contribution in [1.82, 2.24) is 9.78 Å². The van der Waals surface area contributed by atoms with Crippen molar-refractivity contribution in [3.63, 3.8) is 0 Å². The van der Waals surface area contributed by atoms with Crippen LogP contribution in [-0.4, -0.2) is 18.2 Å². The molecule has 4 aromatic rings. The Balaban J connectivity index is 1.76. The molecule has 3 aromatic carbocycles. The Morgan fingerprint density at radius 2 is 1.63 bits per heavy atom. The van der Waals surface area contributed by atoms with Crippen LogP contribution in [0.15, 0.2) is 94.4 Å². The van der Waals surface area contributed by atoms with Crippen molar-refractivity contribution >= 4 is 31.6 Å². The maximum Gasteiger partial charge on any atom is 0.265 e. The lowest BCUT2D eigenvalue weighted by molar-refractivity contribution is 0.601. The molecule has 0 amide bonds. The van der Waals surface area contributed by atoms with E-state index in [1.807, 2.05) is 79.7 Å². The number of hydrogen-bond acceptors (Lipinski definition) is 3. The van der Waals surface area contributed by atoms with Gasteiger partial charge in [0.2, 0.25) is 0 Å². The molecule has 30 heavy (non-hydrogen) atoms. The van der Waals surface area contributed by atoms with Gasteiger partial charge >= 0.3 is 0 Å². The normalized spacial score (nSPS) is 11.4. The largest absolute Gasteiger partial charge is 0.279 e. The van der Waals surface area contributed by atoms with Crippen molar-refractivity contribution in [2.75, 3.05) is 4.72 Å². The van der Waals surface area contributed by atoms with Gasteiger partial charge in [-0.15, -0.1) is 0 Å². The molecule has 0 saturated heterocycles. The van der Waals surface area contributed by atoms with Crippen LogP contribution in [0.25, 0.3) is 11.3 Å². The molecular weight excluding hydrogens is 462 g/mol. The fraction of sp³-hybridized carbons (Fsp3) is 0.0870. The van der Waals surface area contributed by atoms with E-state index in [0.29, 0.717) is 17.9 Å². The Bertz CT molecular complexity index is 1270. The first-order valence-corrected chi connectivity index (χ1v) is 11.7. The van der Waals surface area contributed by atoms with Crippen LogP contribution in [-0.2, 0) is 16.6 Å². The van der Waals surface area contributed by atoms with Gasteiger partial charge in [-0.05, 0) is 36.2 Å². The number of rotatable bonds is 6. The first kappa shape index (κ1) is 20.4. The Morgan fingerprint density at radius 1 is 0.967 bits per heavy atom. The van der Waals surface area contributed by atoms with Crippen LogP contribution in [0, 0.1) is 6.92 Å². The molecule has 0 spiro atoms. The van der Waals surface area contributed by atoms with Crippen molar-refractivity contribution in [3.05, 3.63) is 101 Å². The van der Waals surface area contributed by atoms with E-state index >= 15 is 0 Å². The standard InChI is InChI=1S/C23H20BrN3O2S/c1-17-14-20(24)12-13-21(17)26-30(28,29)22-16-27(15-18-8-4-2-5-9-18)25-23(22)19-10-6-3-7-11-19/h2-14,16,26H,15H2,1H3. The smallest absolute Gasteiger partial charge is 0.265 e. The van der Waals surface area contributed by atoms with E-state index in [2.05, 4.69) is 25.8 Å². The SMILES string of the molecule is Cc1cc(Br)ccc1NS(=O)(=O)c1cn(Cc2ccccc2)nc1-c1ccccc1. The average Bonchev–Trinajstić information content (AvgIpc) is 3.16. The van der Waals surface area contributed by atoms with Crippen LogP contribution in [0.3, 0.4) is 0 Å². The van der Waals surface area contributed by atoms with E-state index in [-0.39, 0.29) is 4.90 Å². The van der Waals surface area contributed by atoms with Gasteiger partial charge in [-0.3, -0.25) is 9.40 Å². The number of benzene rings is 3. The third-order valence-corrected chi connectivity index (χ3v) is 6.54. The third-order valence-electron chi connectivity index (χ3n) is 4.69. The summed E-state index contributed by atoms with van der Waals surface area (Å²) < 4.78 is 31.9. The summed E-state index contributed by atoms with van der Waals surface area (Å²) >= 11 is 3.41. The van der Waals surface area contributed by atoms with Gasteiger partial charge in [-0.1, -0.05) is 76.6 Å². The van der Waals surface area contributed by atoms with E-state index < -0.39 is 10.0 Å². The molecule has 0 bridgehead atoms. The molecule has 1 aromatic heterocycles. The summed E-state index contributed by atoms with van der Waals surface area (Å²) in [6.45, 7) is 2.34. The van der Waals surface area contributed by atoms with Crippen LogP contribution in [0.2, 0.25) is 0 Å². The first-order chi connectivity index (χ1) is 14.4. The fourth-order valence-corrected chi connectivity index (χ4v) is 4.97. The van der Waals surface area contributed by atoms with Gasteiger partial charge in [-0.2, -0.15) is 5.10 Å². The van der Waals surface area contributed by atoms with Crippen molar-refractivity contribution < 1.29 is 8.42 Å². The van der Waals surface area contributed by atoms with Gasteiger partial charge in [0.25, 0.3) is 10.0 Å². The lowest BCUT2D eigenvalue weighted by atomic mass is 10.2. The van der Waals surface area contributed by atoms with E-state index in [1.165, 1.54) is 0 Å². The Morgan fingerprint density at radius 3 is 2.30 bits per heavy atom. The summed E-state index contributed by atoms with van der Waals surface area (Å²) in [7, 11) is -3.85. The monoisotopic (exact) mass is 481 g/mol. The van der Waals surface area contributed by atoms with E-state index in [4.69, 9.17) is 0 Å². The highest BCUT2D eigenvalue weighted by Crippen LogP contribution is 2.29. The molecule has 0 radical (unpaired) electrons. The van der Waals surface area contributed by atoms with Gasteiger partial charge in [0.15, 0.2) is 0 Å². The molecule has 0 aliphatic carbocycles. The number of hydrogen-bond donors (Lipinski definition) is 1. The second-order valence-electron chi connectivity index (χ2n) is 6.96. The number of sulfonamides is 1. The molecule has 1 N–H and O–H groups in total. The average molecular weight is 482 g/mol. The minimum Gasteiger partial charge on any atom is -0.279 e. The second-order valence-corrected chi connectivity index (χ2v) is 9.52. The number of aromatic nitrogens is 2. The molecular formula is C23H20BrN3O2S. The highest BCUT2D eigenvalue weighted by molar-refractivity contribution is 9.10. The molecule has 0 saturated carbocycles. The quantitative estimate of drug-likeness (QED) is 0.397. The second kappa shape index (κ2) is 8.45. The number of aryl methyl sites for hydroxylation is 1. The zero-order chi connectivity index (χ0) is 21.1. The van der Waals surface area contributed by atoms with Crippen molar-refractivity contribution in [2.24, 2.45) is 0 Å². The lowest BCUT2D eigenvalue weighted by Crippen LogP contribution is -2.14. The highest BCUT2D eigenvalue weighted by Gasteiger charge is 2.24. The molecule has 0 atom stereocenters. The molecule has 0 aliphatic heterocycles.